The number of amides is 1. The predicted molar refractivity (Wildman–Crippen MR) is 74.6 cm³/mol. The first-order valence-electron chi connectivity index (χ1n) is 5.47. The number of nitrogens with zero attached hydrogens (tertiary/aromatic N) is 1. The molecule has 0 aliphatic heterocycles. The SMILES string of the molecule is COc1ncccc1C(=O)Nc1ccc(Cl)c(N)c1. The zero-order valence-corrected chi connectivity index (χ0v) is 10.9. The van der Waals surface area contributed by atoms with Gasteiger partial charge >= 0.3 is 0 Å². The number of nitrogens with two attached hydrogens (primary N) is 1. The second kappa shape index (κ2) is 5.58. The lowest BCUT2D eigenvalue weighted by Crippen LogP contribution is -2.13. The van der Waals surface area contributed by atoms with Crippen LogP contribution in [0.15, 0.2) is 36.5 Å². The van der Waals surface area contributed by atoms with E-state index in [9.17, 15) is 4.79 Å². The van der Waals surface area contributed by atoms with Crippen LogP contribution in [0.25, 0.3) is 0 Å². The zero-order valence-electron chi connectivity index (χ0n) is 10.2. The molecule has 0 spiro atoms. The molecule has 0 aliphatic rings. The minimum absolute atomic E-state index is 0.266. The summed E-state index contributed by atoms with van der Waals surface area (Å²) in [5, 5.41) is 3.15. The van der Waals surface area contributed by atoms with Crippen LogP contribution < -0.4 is 15.8 Å². The van der Waals surface area contributed by atoms with Crippen molar-refractivity contribution in [1.82, 2.24) is 4.98 Å². The Balaban J connectivity index is 2.23. The van der Waals surface area contributed by atoms with Gasteiger partial charge in [0.2, 0.25) is 5.88 Å². The van der Waals surface area contributed by atoms with Gasteiger partial charge in [0.15, 0.2) is 0 Å². The molecule has 6 heteroatoms. The second-order valence-electron chi connectivity index (χ2n) is 3.75. The molecule has 1 amide bonds. The number of halogens is 1. The third-order valence-electron chi connectivity index (χ3n) is 2.46. The third kappa shape index (κ3) is 2.95. The Morgan fingerprint density at radius 3 is 2.89 bits per heavy atom. The summed E-state index contributed by atoms with van der Waals surface area (Å²) < 4.78 is 5.03. The van der Waals surface area contributed by atoms with Gasteiger partial charge in [-0.15, -0.1) is 0 Å². The van der Waals surface area contributed by atoms with Crippen LogP contribution >= 0.6 is 11.6 Å². The lowest BCUT2D eigenvalue weighted by atomic mass is 10.2. The van der Waals surface area contributed by atoms with E-state index in [-0.39, 0.29) is 11.8 Å². The Kier molecular flexibility index (Phi) is 3.87. The number of benzene rings is 1. The summed E-state index contributed by atoms with van der Waals surface area (Å²) >= 11 is 5.81. The van der Waals surface area contributed by atoms with Crippen molar-refractivity contribution >= 4 is 28.9 Å². The molecular weight excluding hydrogens is 266 g/mol. The largest absolute Gasteiger partial charge is 0.480 e. The molecule has 0 unspecified atom stereocenters. The number of ether oxygens (including phenoxy) is 1. The van der Waals surface area contributed by atoms with Gasteiger partial charge in [-0.05, 0) is 30.3 Å². The first kappa shape index (κ1) is 13.2. The van der Waals surface area contributed by atoms with Crippen molar-refractivity contribution in [2.24, 2.45) is 0 Å². The molecule has 2 rings (SSSR count). The fraction of sp³-hybridized carbons (Fsp3) is 0.0769. The molecule has 3 N–H and O–H groups in total. The summed E-state index contributed by atoms with van der Waals surface area (Å²) in [6.07, 6.45) is 1.55. The molecule has 0 bridgehead atoms. The van der Waals surface area contributed by atoms with Crippen LogP contribution in [0.2, 0.25) is 5.02 Å². The third-order valence-corrected chi connectivity index (χ3v) is 2.81. The molecule has 0 radical (unpaired) electrons. The Labute approximate surface area is 115 Å². The first-order chi connectivity index (χ1) is 9.11. The molecule has 0 aliphatic carbocycles. The fourth-order valence-corrected chi connectivity index (χ4v) is 1.66. The molecule has 1 heterocycles. The Morgan fingerprint density at radius 1 is 1.42 bits per heavy atom. The van der Waals surface area contributed by atoms with E-state index in [0.29, 0.717) is 22.0 Å². The van der Waals surface area contributed by atoms with E-state index in [1.165, 1.54) is 7.11 Å². The summed E-state index contributed by atoms with van der Waals surface area (Å²) in [6.45, 7) is 0. The number of nitrogen functional groups attached to an aromatic ring is 1. The van der Waals surface area contributed by atoms with Gasteiger partial charge in [0.05, 0.1) is 17.8 Å². The van der Waals surface area contributed by atoms with Crippen LogP contribution in [0.4, 0.5) is 11.4 Å². The number of methoxy groups -OCH3 is 1. The number of rotatable bonds is 3. The summed E-state index contributed by atoms with van der Waals surface area (Å²) in [7, 11) is 1.46. The molecular formula is C13H12ClN3O2. The summed E-state index contributed by atoms with van der Waals surface area (Å²) in [4.78, 5) is 16.0. The average Bonchev–Trinajstić information content (AvgIpc) is 2.43. The average molecular weight is 278 g/mol. The second-order valence-corrected chi connectivity index (χ2v) is 4.16. The van der Waals surface area contributed by atoms with E-state index in [0.717, 1.165) is 0 Å². The molecule has 98 valence electrons. The molecule has 1 aromatic carbocycles. The number of nitrogens with one attached hydrogen (secondary N) is 1. The number of pyridine rings is 1. The highest BCUT2D eigenvalue weighted by Crippen LogP contribution is 2.23. The monoisotopic (exact) mass is 277 g/mol. The van der Waals surface area contributed by atoms with Crippen LogP contribution in [-0.4, -0.2) is 18.0 Å². The maximum Gasteiger partial charge on any atom is 0.261 e. The standard InChI is InChI=1S/C13H12ClN3O2/c1-19-13-9(3-2-6-16-13)12(18)17-8-4-5-10(14)11(15)7-8/h2-7H,15H2,1H3,(H,17,18). The first-order valence-corrected chi connectivity index (χ1v) is 5.85. The van der Waals surface area contributed by atoms with Crippen molar-refractivity contribution < 1.29 is 9.53 Å². The van der Waals surface area contributed by atoms with E-state index >= 15 is 0 Å². The molecule has 2 aromatic rings. The van der Waals surface area contributed by atoms with Gasteiger partial charge < -0.3 is 15.8 Å². The van der Waals surface area contributed by atoms with Gasteiger partial charge in [0, 0.05) is 11.9 Å². The lowest BCUT2D eigenvalue weighted by molar-refractivity contribution is 0.102. The van der Waals surface area contributed by atoms with Crippen molar-refractivity contribution in [3.05, 3.63) is 47.1 Å². The van der Waals surface area contributed by atoms with E-state index < -0.39 is 0 Å². The minimum Gasteiger partial charge on any atom is -0.480 e. The normalized spacial score (nSPS) is 10.0. The molecule has 5 nitrogen and oxygen atoms in total. The Bertz CT molecular complexity index is 617. The van der Waals surface area contributed by atoms with Gasteiger partial charge in [-0.25, -0.2) is 4.98 Å². The number of aromatic nitrogens is 1. The van der Waals surface area contributed by atoms with Gasteiger partial charge in [-0.2, -0.15) is 0 Å². The van der Waals surface area contributed by atoms with Crippen LogP contribution in [0.1, 0.15) is 10.4 Å². The molecule has 19 heavy (non-hydrogen) atoms. The smallest absolute Gasteiger partial charge is 0.261 e. The lowest BCUT2D eigenvalue weighted by Gasteiger charge is -2.09. The number of carbonyl (C=O) groups is 1. The zero-order chi connectivity index (χ0) is 13.8. The van der Waals surface area contributed by atoms with Gasteiger partial charge in [0.1, 0.15) is 5.56 Å². The van der Waals surface area contributed by atoms with Crippen LogP contribution in [-0.2, 0) is 0 Å². The maximum atomic E-state index is 12.1. The van der Waals surface area contributed by atoms with Crippen molar-refractivity contribution in [1.29, 1.82) is 0 Å². The van der Waals surface area contributed by atoms with Crippen molar-refractivity contribution in [3.8, 4) is 5.88 Å². The number of anilines is 2. The molecule has 0 atom stereocenters. The summed E-state index contributed by atoms with van der Waals surface area (Å²) in [5.74, 6) is -0.0615. The van der Waals surface area contributed by atoms with Crippen molar-refractivity contribution in [2.75, 3.05) is 18.2 Å². The van der Waals surface area contributed by atoms with Crippen LogP contribution in [0.3, 0.4) is 0 Å². The van der Waals surface area contributed by atoms with Crippen LogP contribution in [0.5, 0.6) is 5.88 Å². The highest BCUT2D eigenvalue weighted by atomic mass is 35.5. The van der Waals surface area contributed by atoms with Crippen molar-refractivity contribution in [2.45, 2.75) is 0 Å². The number of hydrogen-bond donors (Lipinski definition) is 2. The topological polar surface area (TPSA) is 77.2 Å². The fourth-order valence-electron chi connectivity index (χ4n) is 1.55. The van der Waals surface area contributed by atoms with Gasteiger partial charge in [-0.3, -0.25) is 4.79 Å². The van der Waals surface area contributed by atoms with E-state index in [2.05, 4.69) is 10.3 Å². The highest BCUT2D eigenvalue weighted by molar-refractivity contribution is 6.33. The van der Waals surface area contributed by atoms with E-state index in [1.807, 2.05) is 0 Å². The predicted octanol–water partition coefficient (Wildman–Crippen LogP) is 2.58. The van der Waals surface area contributed by atoms with E-state index in [4.69, 9.17) is 22.1 Å². The summed E-state index contributed by atoms with van der Waals surface area (Å²) in [6, 6.07) is 8.16. The molecule has 0 fully saturated rings. The minimum atomic E-state index is -0.327. The Hall–Kier alpha value is -2.27. The molecule has 1 aromatic heterocycles. The Morgan fingerprint density at radius 2 is 2.21 bits per heavy atom. The van der Waals surface area contributed by atoms with E-state index in [1.54, 1.807) is 36.5 Å². The quantitative estimate of drug-likeness (QED) is 0.846. The van der Waals surface area contributed by atoms with Gasteiger partial charge in [0.25, 0.3) is 5.91 Å². The van der Waals surface area contributed by atoms with Crippen molar-refractivity contribution in [3.63, 3.8) is 0 Å². The highest BCUT2D eigenvalue weighted by Gasteiger charge is 2.13. The summed E-state index contributed by atoms with van der Waals surface area (Å²) in [5.41, 5.74) is 6.97. The maximum absolute atomic E-state index is 12.1. The number of hydrogen-bond acceptors (Lipinski definition) is 4. The van der Waals surface area contributed by atoms with Gasteiger partial charge in [-0.1, -0.05) is 11.6 Å². The van der Waals surface area contributed by atoms with Crippen LogP contribution in [0, 0.1) is 0 Å². The molecule has 0 saturated carbocycles. The number of carbonyl (C=O) groups excluding carboxylic acids is 1. The molecule has 0 saturated heterocycles.